The summed E-state index contributed by atoms with van der Waals surface area (Å²) in [7, 11) is 0. The first-order valence-corrected chi connectivity index (χ1v) is 3.30. The number of urea groups is 1. The normalized spacial score (nSPS) is 12.1. The molecule has 1 unspecified atom stereocenters. The van der Waals surface area contributed by atoms with Crippen LogP contribution in [0.5, 0.6) is 0 Å². The predicted octanol–water partition coefficient (Wildman–Crippen LogP) is -0.235. The number of hydrogen-bond donors (Lipinski definition) is 3. The van der Waals surface area contributed by atoms with Crippen LogP contribution in [0.25, 0.3) is 0 Å². The number of carboxylic acid groups (broad SMARTS) is 1. The van der Waals surface area contributed by atoms with Gasteiger partial charge in [-0.05, 0) is 6.42 Å². The molecule has 0 aromatic rings. The molecule has 0 bridgehead atoms. The lowest BCUT2D eigenvalue weighted by Crippen LogP contribution is -2.31. The van der Waals surface area contributed by atoms with Gasteiger partial charge in [-0.1, -0.05) is 6.92 Å². The van der Waals surface area contributed by atoms with Crippen LogP contribution in [0, 0.1) is 5.92 Å². The Morgan fingerprint density at radius 3 is 2.55 bits per heavy atom. The summed E-state index contributed by atoms with van der Waals surface area (Å²) in [6.45, 7) is 1.88. The minimum atomic E-state index is -0.865. The second kappa shape index (κ2) is 4.54. The zero-order valence-corrected chi connectivity index (χ0v) is 6.33. The SMILES string of the molecule is CC(CCNC(N)=O)C(=O)O. The second-order valence-corrected chi connectivity index (χ2v) is 2.32. The van der Waals surface area contributed by atoms with Gasteiger partial charge >= 0.3 is 12.0 Å². The molecular weight excluding hydrogens is 148 g/mol. The minimum Gasteiger partial charge on any atom is -0.481 e. The molecule has 0 radical (unpaired) electrons. The molecule has 0 spiro atoms. The van der Waals surface area contributed by atoms with E-state index in [-0.39, 0.29) is 0 Å². The number of carboxylic acids is 1. The average molecular weight is 160 g/mol. The molecule has 0 rings (SSSR count). The van der Waals surface area contributed by atoms with Gasteiger partial charge in [0, 0.05) is 6.54 Å². The van der Waals surface area contributed by atoms with Crippen molar-refractivity contribution in [1.82, 2.24) is 5.32 Å². The van der Waals surface area contributed by atoms with Crippen molar-refractivity contribution < 1.29 is 14.7 Å². The highest BCUT2D eigenvalue weighted by molar-refractivity contribution is 5.72. The maximum Gasteiger partial charge on any atom is 0.312 e. The van der Waals surface area contributed by atoms with Gasteiger partial charge in [-0.3, -0.25) is 4.79 Å². The van der Waals surface area contributed by atoms with Crippen LogP contribution in [0.1, 0.15) is 13.3 Å². The van der Waals surface area contributed by atoms with Gasteiger partial charge in [-0.15, -0.1) is 0 Å². The van der Waals surface area contributed by atoms with Crippen LogP contribution in [0.4, 0.5) is 4.79 Å². The number of rotatable bonds is 4. The molecule has 1 atom stereocenters. The average Bonchev–Trinajstić information content (AvgIpc) is 1.86. The number of nitrogens with two attached hydrogens (primary N) is 1. The Hall–Kier alpha value is -1.26. The van der Waals surface area contributed by atoms with E-state index in [4.69, 9.17) is 10.8 Å². The van der Waals surface area contributed by atoms with E-state index in [9.17, 15) is 9.59 Å². The molecule has 0 saturated carbocycles. The van der Waals surface area contributed by atoms with Crippen molar-refractivity contribution in [3.63, 3.8) is 0 Å². The van der Waals surface area contributed by atoms with Crippen LogP contribution in [-0.4, -0.2) is 23.7 Å². The summed E-state index contributed by atoms with van der Waals surface area (Å²) in [5.41, 5.74) is 4.76. The Morgan fingerprint density at radius 2 is 2.18 bits per heavy atom. The Bertz CT molecular complexity index is 158. The summed E-state index contributed by atoms with van der Waals surface area (Å²) >= 11 is 0. The first-order chi connectivity index (χ1) is 5.04. The fourth-order valence-corrected chi connectivity index (χ4v) is 0.535. The van der Waals surface area contributed by atoms with Crippen LogP contribution < -0.4 is 11.1 Å². The molecule has 2 amide bonds. The van der Waals surface area contributed by atoms with Gasteiger partial charge in [0.1, 0.15) is 0 Å². The molecule has 4 N–H and O–H groups in total. The number of amides is 2. The Kier molecular flexibility index (Phi) is 4.02. The molecular formula is C6H12N2O3. The van der Waals surface area contributed by atoms with E-state index >= 15 is 0 Å². The molecule has 0 aliphatic heterocycles. The van der Waals surface area contributed by atoms with Crippen molar-refractivity contribution in [2.45, 2.75) is 13.3 Å². The van der Waals surface area contributed by atoms with Crippen molar-refractivity contribution in [3.8, 4) is 0 Å². The Labute approximate surface area is 64.6 Å². The smallest absolute Gasteiger partial charge is 0.312 e. The van der Waals surface area contributed by atoms with E-state index in [1.807, 2.05) is 0 Å². The van der Waals surface area contributed by atoms with Crippen molar-refractivity contribution in [3.05, 3.63) is 0 Å². The van der Waals surface area contributed by atoms with Gasteiger partial charge < -0.3 is 16.2 Å². The summed E-state index contributed by atoms with van der Waals surface area (Å²) in [5.74, 6) is -1.31. The fourth-order valence-electron chi connectivity index (χ4n) is 0.535. The zero-order valence-electron chi connectivity index (χ0n) is 6.33. The second-order valence-electron chi connectivity index (χ2n) is 2.32. The molecule has 64 valence electrons. The molecule has 0 saturated heterocycles. The molecule has 5 heteroatoms. The van der Waals surface area contributed by atoms with Gasteiger partial charge in [-0.2, -0.15) is 0 Å². The number of aliphatic carboxylic acids is 1. The monoisotopic (exact) mass is 160 g/mol. The third-order valence-corrected chi connectivity index (χ3v) is 1.30. The lowest BCUT2D eigenvalue weighted by atomic mass is 10.1. The van der Waals surface area contributed by atoms with Gasteiger partial charge in [0.15, 0.2) is 0 Å². The third-order valence-electron chi connectivity index (χ3n) is 1.30. The van der Waals surface area contributed by atoms with Crippen molar-refractivity contribution in [2.24, 2.45) is 11.7 Å². The number of carbonyl (C=O) groups excluding carboxylic acids is 1. The Morgan fingerprint density at radius 1 is 1.64 bits per heavy atom. The summed E-state index contributed by atoms with van der Waals surface area (Å²) < 4.78 is 0. The molecule has 0 aliphatic rings. The van der Waals surface area contributed by atoms with E-state index in [1.54, 1.807) is 6.92 Å². The highest BCUT2D eigenvalue weighted by atomic mass is 16.4. The molecule has 0 fully saturated rings. The molecule has 11 heavy (non-hydrogen) atoms. The third kappa shape index (κ3) is 5.20. The predicted molar refractivity (Wildman–Crippen MR) is 39.0 cm³/mol. The summed E-state index contributed by atoms with van der Waals surface area (Å²) in [4.78, 5) is 20.3. The van der Waals surface area contributed by atoms with Gasteiger partial charge in [0.2, 0.25) is 0 Å². The largest absolute Gasteiger partial charge is 0.481 e. The molecule has 0 aromatic carbocycles. The topological polar surface area (TPSA) is 92.4 Å². The molecule has 5 nitrogen and oxygen atoms in total. The number of carbonyl (C=O) groups is 2. The first kappa shape index (κ1) is 9.74. The summed E-state index contributed by atoms with van der Waals surface area (Å²) in [5, 5.41) is 10.7. The van der Waals surface area contributed by atoms with Crippen molar-refractivity contribution in [2.75, 3.05) is 6.54 Å². The molecule has 0 aliphatic carbocycles. The zero-order chi connectivity index (χ0) is 8.85. The first-order valence-electron chi connectivity index (χ1n) is 3.30. The standard InChI is InChI=1S/C6H12N2O3/c1-4(5(9)10)2-3-8-6(7)11/h4H,2-3H2,1H3,(H,9,10)(H3,7,8,11). The van der Waals surface area contributed by atoms with E-state index < -0.39 is 17.9 Å². The maximum absolute atomic E-state index is 10.2. The number of primary amides is 1. The maximum atomic E-state index is 10.2. The summed E-state index contributed by atoms with van der Waals surface area (Å²) in [6, 6.07) is -0.623. The minimum absolute atomic E-state index is 0.308. The Balaban J connectivity index is 3.39. The van der Waals surface area contributed by atoms with Crippen LogP contribution in [0.2, 0.25) is 0 Å². The van der Waals surface area contributed by atoms with E-state index in [2.05, 4.69) is 5.32 Å². The van der Waals surface area contributed by atoms with Crippen LogP contribution >= 0.6 is 0 Å². The lowest BCUT2D eigenvalue weighted by molar-refractivity contribution is -0.141. The number of hydrogen-bond acceptors (Lipinski definition) is 2. The molecule has 0 aromatic heterocycles. The van der Waals surface area contributed by atoms with Crippen LogP contribution in [0.15, 0.2) is 0 Å². The van der Waals surface area contributed by atoms with Gasteiger partial charge in [0.05, 0.1) is 5.92 Å². The summed E-state index contributed by atoms with van der Waals surface area (Å²) in [6.07, 6.45) is 0.401. The lowest BCUT2D eigenvalue weighted by Gasteiger charge is -2.04. The highest BCUT2D eigenvalue weighted by Crippen LogP contribution is 1.98. The highest BCUT2D eigenvalue weighted by Gasteiger charge is 2.09. The van der Waals surface area contributed by atoms with Crippen molar-refractivity contribution >= 4 is 12.0 Å². The molecule has 0 heterocycles. The van der Waals surface area contributed by atoms with Crippen LogP contribution in [-0.2, 0) is 4.79 Å². The van der Waals surface area contributed by atoms with Gasteiger partial charge in [0.25, 0.3) is 0 Å². The van der Waals surface area contributed by atoms with E-state index in [0.29, 0.717) is 13.0 Å². The van der Waals surface area contributed by atoms with Crippen molar-refractivity contribution in [1.29, 1.82) is 0 Å². The van der Waals surface area contributed by atoms with E-state index in [0.717, 1.165) is 0 Å². The van der Waals surface area contributed by atoms with E-state index in [1.165, 1.54) is 0 Å². The number of nitrogens with one attached hydrogen (secondary N) is 1. The quantitative estimate of drug-likeness (QED) is 0.530. The fraction of sp³-hybridized carbons (Fsp3) is 0.667. The van der Waals surface area contributed by atoms with Gasteiger partial charge in [-0.25, -0.2) is 4.79 Å². The van der Waals surface area contributed by atoms with Crippen LogP contribution in [0.3, 0.4) is 0 Å².